The third kappa shape index (κ3) is 3.77. The van der Waals surface area contributed by atoms with Gasteiger partial charge in [-0.1, -0.05) is 6.92 Å². The number of carbonyl (C=O) groups excluding carboxylic acids is 1. The molecule has 0 aromatic carbocycles. The van der Waals surface area contributed by atoms with E-state index in [1.54, 1.807) is 18.9 Å². The first kappa shape index (κ1) is 11.8. The van der Waals surface area contributed by atoms with Crippen molar-refractivity contribution < 1.29 is 14.7 Å². The van der Waals surface area contributed by atoms with Gasteiger partial charge in [0, 0.05) is 19.6 Å². The number of rotatable bonds is 5. The van der Waals surface area contributed by atoms with Crippen LogP contribution < -0.4 is 5.32 Å². The smallest absolute Gasteiger partial charge is 0.317 e. The van der Waals surface area contributed by atoms with Crippen LogP contribution in [0.3, 0.4) is 0 Å². The molecule has 1 fully saturated rings. The Kier molecular flexibility index (Phi) is 3.94. The number of nitrogens with zero attached hydrogens (tertiary/aromatic N) is 1. The molecule has 0 bridgehead atoms. The van der Waals surface area contributed by atoms with Crippen LogP contribution in [0.2, 0.25) is 0 Å². The number of carboxylic acid groups (broad SMARTS) is 1. The summed E-state index contributed by atoms with van der Waals surface area (Å²) in [7, 11) is 1.77. The standard InChI is InChI=1S/C10H18N2O3/c1-7(9(13)14)5-6-11-10(15)12(2)8-3-4-8/h7-8H,3-6H2,1-2H3,(H,11,15)(H,13,14). The number of urea groups is 1. The van der Waals surface area contributed by atoms with Gasteiger partial charge in [-0.3, -0.25) is 4.79 Å². The van der Waals surface area contributed by atoms with Gasteiger partial charge in [-0.25, -0.2) is 4.79 Å². The number of amides is 2. The Morgan fingerprint density at radius 1 is 1.53 bits per heavy atom. The summed E-state index contributed by atoms with van der Waals surface area (Å²) in [5.41, 5.74) is 0. The average Bonchev–Trinajstić information content (AvgIpc) is 2.99. The molecule has 0 spiro atoms. The highest BCUT2D eigenvalue weighted by Gasteiger charge is 2.29. The molecule has 1 rings (SSSR count). The van der Waals surface area contributed by atoms with Crippen molar-refractivity contribution >= 4 is 12.0 Å². The zero-order valence-electron chi connectivity index (χ0n) is 9.19. The lowest BCUT2D eigenvalue weighted by Crippen LogP contribution is -2.39. The van der Waals surface area contributed by atoms with E-state index in [2.05, 4.69) is 5.32 Å². The van der Waals surface area contributed by atoms with Crippen LogP contribution in [0.25, 0.3) is 0 Å². The van der Waals surface area contributed by atoms with Gasteiger partial charge in [-0.2, -0.15) is 0 Å². The van der Waals surface area contributed by atoms with E-state index >= 15 is 0 Å². The number of aliphatic carboxylic acids is 1. The van der Waals surface area contributed by atoms with Gasteiger partial charge in [0.05, 0.1) is 5.92 Å². The zero-order chi connectivity index (χ0) is 11.4. The summed E-state index contributed by atoms with van der Waals surface area (Å²) >= 11 is 0. The van der Waals surface area contributed by atoms with Crippen molar-refractivity contribution in [1.29, 1.82) is 0 Å². The molecule has 0 radical (unpaired) electrons. The molecule has 1 saturated carbocycles. The maximum Gasteiger partial charge on any atom is 0.317 e. The minimum absolute atomic E-state index is 0.102. The maximum atomic E-state index is 11.4. The molecule has 0 aliphatic heterocycles. The van der Waals surface area contributed by atoms with Crippen LogP contribution in [0.1, 0.15) is 26.2 Å². The van der Waals surface area contributed by atoms with Gasteiger partial charge in [-0.15, -0.1) is 0 Å². The number of carboxylic acids is 1. The minimum atomic E-state index is -0.820. The highest BCUT2D eigenvalue weighted by molar-refractivity contribution is 5.74. The largest absolute Gasteiger partial charge is 0.481 e. The molecule has 1 unspecified atom stereocenters. The lowest BCUT2D eigenvalue weighted by Gasteiger charge is -2.17. The van der Waals surface area contributed by atoms with E-state index in [0.717, 1.165) is 12.8 Å². The van der Waals surface area contributed by atoms with Gasteiger partial charge in [0.1, 0.15) is 0 Å². The van der Waals surface area contributed by atoms with Crippen LogP contribution in [0.5, 0.6) is 0 Å². The monoisotopic (exact) mass is 214 g/mol. The average molecular weight is 214 g/mol. The van der Waals surface area contributed by atoms with Crippen LogP contribution in [0, 0.1) is 5.92 Å². The van der Waals surface area contributed by atoms with Gasteiger partial charge in [0.2, 0.25) is 0 Å². The first-order valence-electron chi connectivity index (χ1n) is 5.26. The molecule has 0 aromatic rings. The maximum absolute atomic E-state index is 11.4. The number of nitrogens with one attached hydrogen (secondary N) is 1. The third-order valence-electron chi connectivity index (χ3n) is 2.69. The minimum Gasteiger partial charge on any atom is -0.481 e. The van der Waals surface area contributed by atoms with Crippen molar-refractivity contribution in [1.82, 2.24) is 10.2 Å². The second kappa shape index (κ2) is 5.00. The summed E-state index contributed by atoms with van der Waals surface area (Å²) in [4.78, 5) is 23.6. The fourth-order valence-corrected chi connectivity index (χ4v) is 1.27. The van der Waals surface area contributed by atoms with Gasteiger partial charge >= 0.3 is 12.0 Å². The molecule has 86 valence electrons. The molecular formula is C10H18N2O3. The van der Waals surface area contributed by atoms with E-state index in [4.69, 9.17) is 5.11 Å². The van der Waals surface area contributed by atoms with Crippen LogP contribution in [-0.2, 0) is 4.79 Å². The molecule has 2 amide bonds. The van der Waals surface area contributed by atoms with Gasteiger partial charge in [-0.05, 0) is 19.3 Å². The van der Waals surface area contributed by atoms with Crippen molar-refractivity contribution in [3.8, 4) is 0 Å². The molecule has 1 atom stereocenters. The van der Waals surface area contributed by atoms with E-state index < -0.39 is 11.9 Å². The predicted molar refractivity (Wildman–Crippen MR) is 55.6 cm³/mol. The van der Waals surface area contributed by atoms with E-state index in [0.29, 0.717) is 19.0 Å². The van der Waals surface area contributed by atoms with E-state index in [9.17, 15) is 9.59 Å². The summed E-state index contributed by atoms with van der Waals surface area (Å²) in [5, 5.41) is 11.3. The van der Waals surface area contributed by atoms with Crippen molar-refractivity contribution in [2.24, 2.45) is 5.92 Å². The lowest BCUT2D eigenvalue weighted by molar-refractivity contribution is -0.141. The molecule has 1 aliphatic carbocycles. The van der Waals surface area contributed by atoms with Crippen LogP contribution in [0.4, 0.5) is 4.79 Å². The van der Waals surface area contributed by atoms with Gasteiger partial charge < -0.3 is 15.3 Å². The lowest BCUT2D eigenvalue weighted by atomic mass is 10.1. The van der Waals surface area contributed by atoms with E-state index in [1.165, 1.54) is 0 Å². The topological polar surface area (TPSA) is 69.6 Å². The summed E-state index contributed by atoms with van der Waals surface area (Å²) in [6.45, 7) is 2.06. The molecule has 15 heavy (non-hydrogen) atoms. The zero-order valence-corrected chi connectivity index (χ0v) is 9.19. The molecular weight excluding hydrogens is 196 g/mol. The fourth-order valence-electron chi connectivity index (χ4n) is 1.27. The number of hydrogen-bond acceptors (Lipinski definition) is 2. The molecule has 2 N–H and O–H groups in total. The summed E-state index contributed by atoms with van der Waals surface area (Å²) in [6, 6.07) is 0.289. The van der Waals surface area contributed by atoms with Crippen LogP contribution in [0.15, 0.2) is 0 Å². The molecule has 0 aromatic heterocycles. The number of carbonyl (C=O) groups is 2. The fraction of sp³-hybridized carbons (Fsp3) is 0.800. The Labute approximate surface area is 89.4 Å². The van der Waals surface area contributed by atoms with Crippen molar-refractivity contribution in [3.05, 3.63) is 0 Å². The third-order valence-corrected chi connectivity index (χ3v) is 2.69. The molecule has 5 nitrogen and oxygen atoms in total. The summed E-state index contributed by atoms with van der Waals surface area (Å²) in [6.07, 6.45) is 2.63. The Bertz CT molecular complexity index is 251. The molecule has 0 heterocycles. The summed E-state index contributed by atoms with van der Waals surface area (Å²) in [5.74, 6) is -1.23. The van der Waals surface area contributed by atoms with Crippen LogP contribution in [-0.4, -0.2) is 41.6 Å². The normalized spacial score (nSPS) is 16.9. The number of hydrogen-bond donors (Lipinski definition) is 2. The van der Waals surface area contributed by atoms with Gasteiger partial charge in [0.15, 0.2) is 0 Å². The van der Waals surface area contributed by atoms with E-state index in [-0.39, 0.29) is 6.03 Å². The first-order chi connectivity index (χ1) is 7.02. The first-order valence-corrected chi connectivity index (χ1v) is 5.26. The Morgan fingerprint density at radius 2 is 2.13 bits per heavy atom. The molecule has 1 aliphatic rings. The van der Waals surface area contributed by atoms with Crippen molar-refractivity contribution in [3.63, 3.8) is 0 Å². The Hall–Kier alpha value is -1.26. The highest BCUT2D eigenvalue weighted by atomic mass is 16.4. The quantitative estimate of drug-likeness (QED) is 0.714. The predicted octanol–water partition coefficient (Wildman–Crippen LogP) is 0.901. The molecule has 5 heteroatoms. The second-order valence-electron chi connectivity index (χ2n) is 4.10. The van der Waals surface area contributed by atoms with Crippen molar-refractivity contribution in [2.75, 3.05) is 13.6 Å². The van der Waals surface area contributed by atoms with E-state index in [1.807, 2.05) is 0 Å². The van der Waals surface area contributed by atoms with Gasteiger partial charge in [0.25, 0.3) is 0 Å². The Balaban J connectivity index is 2.13. The molecule has 0 saturated heterocycles. The van der Waals surface area contributed by atoms with Crippen molar-refractivity contribution in [2.45, 2.75) is 32.2 Å². The highest BCUT2D eigenvalue weighted by Crippen LogP contribution is 2.25. The summed E-state index contributed by atoms with van der Waals surface area (Å²) < 4.78 is 0. The SMILES string of the molecule is CC(CCNC(=O)N(C)C1CC1)C(=O)O. The second-order valence-corrected chi connectivity index (χ2v) is 4.10. The van der Waals surface area contributed by atoms with Crippen LogP contribution >= 0.6 is 0 Å². The Morgan fingerprint density at radius 3 is 2.60 bits per heavy atom.